The number of amidine groups is 1. The molecule has 4 rings (SSSR count). The maximum atomic E-state index is 14.1. The SMILES string of the molecule is CC(C)CCC(c1ccc(C=O)cc1)N1C(=O)C(c2ccc(F)cc2)=NC12CC(C)CC(C)C2.CNCC(=N)N.NN. The van der Waals surface area contributed by atoms with Crippen LogP contribution in [0.3, 0.4) is 0 Å². The average molecular weight is 582 g/mol. The highest BCUT2D eigenvalue weighted by atomic mass is 19.1. The topological polar surface area (TPSA) is 164 Å². The fraction of sp³-hybridized carbons (Fsp3) is 0.500. The molecule has 2 aliphatic rings. The lowest BCUT2D eigenvalue weighted by atomic mass is 9.75. The first-order valence-electron chi connectivity index (χ1n) is 14.5. The molecule has 0 bridgehead atoms. The first-order chi connectivity index (χ1) is 20.0. The third-order valence-electron chi connectivity index (χ3n) is 7.62. The number of carbonyl (C=O) groups excluding carboxylic acids is 2. The summed E-state index contributed by atoms with van der Waals surface area (Å²) in [6, 6.07) is 13.5. The number of hydrogen-bond acceptors (Lipinski definition) is 7. The summed E-state index contributed by atoms with van der Waals surface area (Å²) in [5, 5.41) is 9.33. The Labute approximate surface area is 249 Å². The summed E-state index contributed by atoms with van der Waals surface area (Å²) in [5.74, 6) is 9.15. The smallest absolute Gasteiger partial charge is 0.275 e. The maximum absolute atomic E-state index is 14.1. The van der Waals surface area contributed by atoms with E-state index in [4.69, 9.17) is 16.1 Å². The number of nitrogens with two attached hydrogens (primary N) is 3. The van der Waals surface area contributed by atoms with Crippen molar-refractivity contribution in [2.45, 2.75) is 71.5 Å². The quantitative estimate of drug-likeness (QED) is 0.0958. The van der Waals surface area contributed by atoms with Crippen molar-refractivity contribution in [3.63, 3.8) is 0 Å². The predicted octanol–water partition coefficient (Wildman–Crippen LogP) is 4.56. The average Bonchev–Trinajstić information content (AvgIpc) is 3.20. The van der Waals surface area contributed by atoms with Crippen molar-refractivity contribution in [1.82, 2.24) is 10.2 Å². The van der Waals surface area contributed by atoms with E-state index in [0.717, 1.165) is 44.0 Å². The molecule has 2 aromatic rings. The van der Waals surface area contributed by atoms with Crippen LogP contribution in [-0.4, -0.2) is 47.9 Å². The lowest BCUT2D eigenvalue weighted by Crippen LogP contribution is -2.52. The predicted molar refractivity (Wildman–Crippen MR) is 168 cm³/mol. The molecule has 1 aliphatic carbocycles. The molecule has 0 radical (unpaired) electrons. The third-order valence-corrected chi connectivity index (χ3v) is 7.62. The van der Waals surface area contributed by atoms with Crippen LogP contribution >= 0.6 is 0 Å². The Morgan fingerprint density at radius 1 is 1.10 bits per heavy atom. The standard InChI is InChI=1S/C29H35FN2O2.C3H9N3.H4N2/c1-19(2)5-14-26(23-8-6-22(18-33)7-9-23)32-28(34)27(24-10-12-25(30)13-11-24)31-29(32)16-20(3)15-21(4)17-29;1-6-2-3(4)5;1-2/h6-13,18-21,26H,5,14-17H2,1-4H3;6H,2H2,1H3,(H3,4,5);1-2H2. The summed E-state index contributed by atoms with van der Waals surface area (Å²) >= 11 is 0. The first kappa shape index (κ1) is 34.7. The Hall–Kier alpha value is -3.47. The van der Waals surface area contributed by atoms with E-state index in [1.165, 1.54) is 12.1 Å². The minimum absolute atomic E-state index is 0.0823. The third kappa shape index (κ3) is 9.01. The van der Waals surface area contributed by atoms with Crippen LogP contribution in [0.1, 0.15) is 87.3 Å². The number of aldehydes is 1. The van der Waals surface area contributed by atoms with Gasteiger partial charge in [-0.05, 0) is 86.7 Å². The van der Waals surface area contributed by atoms with Crippen LogP contribution < -0.4 is 22.7 Å². The molecular formula is C32H48FN7O2. The van der Waals surface area contributed by atoms with Crippen LogP contribution in [0.15, 0.2) is 53.5 Å². The molecule has 10 heteroatoms. The van der Waals surface area contributed by atoms with Gasteiger partial charge in [-0.15, -0.1) is 0 Å². The lowest BCUT2D eigenvalue weighted by molar-refractivity contribution is -0.134. The minimum Gasteiger partial charge on any atom is -0.387 e. The zero-order chi connectivity index (χ0) is 31.4. The highest BCUT2D eigenvalue weighted by Crippen LogP contribution is 2.48. The Kier molecular flexibility index (Phi) is 13.4. The number of benzene rings is 2. The highest BCUT2D eigenvalue weighted by Gasteiger charge is 2.53. The molecule has 3 unspecified atom stereocenters. The number of hydrazine groups is 1. The first-order valence-corrected chi connectivity index (χ1v) is 14.5. The van der Waals surface area contributed by atoms with E-state index in [0.29, 0.717) is 41.1 Å². The zero-order valence-electron chi connectivity index (χ0n) is 25.6. The van der Waals surface area contributed by atoms with E-state index in [1.807, 2.05) is 29.2 Å². The van der Waals surface area contributed by atoms with Gasteiger partial charge in [0.2, 0.25) is 0 Å². The van der Waals surface area contributed by atoms with Crippen LogP contribution in [-0.2, 0) is 4.79 Å². The largest absolute Gasteiger partial charge is 0.387 e. The van der Waals surface area contributed by atoms with Crippen molar-refractivity contribution in [1.29, 1.82) is 5.41 Å². The van der Waals surface area contributed by atoms with Crippen molar-refractivity contribution in [2.24, 2.45) is 40.2 Å². The molecule has 230 valence electrons. The lowest BCUT2D eigenvalue weighted by Gasteiger charge is -2.47. The normalized spacial score (nSPS) is 22.1. The van der Waals surface area contributed by atoms with E-state index < -0.39 is 5.66 Å². The van der Waals surface area contributed by atoms with Crippen LogP contribution in [0.5, 0.6) is 0 Å². The van der Waals surface area contributed by atoms with E-state index >= 15 is 0 Å². The number of halogens is 1. The number of nitrogens with one attached hydrogen (secondary N) is 2. The Morgan fingerprint density at radius 3 is 2.12 bits per heavy atom. The van der Waals surface area contributed by atoms with E-state index in [1.54, 1.807) is 19.2 Å². The van der Waals surface area contributed by atoms with E-state index in [-0.39, 0.29) is 23.6 Å². The molecule has 0 aromatic heterocycles. The number of amides is 1. The fourth-order valence-electron chi connectivity index (χ4n) is 6.10. The maximum Gasteiger partial charge on any atom is 0.275 e. The minimum atomic E-state index is -0.608. The molecule has 0 saturated heterocycles. The van der Waals surface area contributed by atoms with Crippen LogP contribution in [0.2, 0.25) is 0 Å². The summed E-state index contributed by atoms with van der Waals surface area (Å²) in [6.07, 6.45) is 5.39. The van der Waals surface area contributed by atoms with E-state index in [9.17, 15) is 14.0 Å². The second-order valence-corrected chi connectivity index (χ2v) is 11.8. The fourth-order valence-corrected chi connectivity index (χ4v) is 6.10. The monoisotopic (exact) mass is 581 g/mol. The summed E-state index contributed by atoms with van der Waals surface area (Å²) in [7, 11) is 1.75. The molecule has 42 heavy (non-hydrogen) atoms. The van der Waals surface area contributed by atoms with Crippen LogP contribution in [0.25, 0.3) is 0 Å². The molecule has 3 atom stereocenters. The summed E-state index contributed by atoms with van der Waals surface area (Å²) in [5.41, 5.74) is 7.06. The molecule has 1 fully saturated rings. The molecular weight excluding hydrogens is 533 g/mol. The molecule has 8 N–H and O–H groups in total. The Bertz CT molecular complexity index is 1190. The van der Waals surface area contributed by atoms with Gasteiger partial charge in [-0.3, -0.25) is 31.7 Å². The van der Waals surface area contributed by atoms with Gasteiger partial charge < -0.3 is 16.0 Å². The molecule has 1 heterocycles. The van der Waals surface area contributed by atoms with E-state index in [2.05, 4.69) is 44.7 Å². The summed E-state index contributed by atoms with van der Waals surface area (Å²) in [6.45, 7) is 9.36. The van der Waals surface area contributed by atoms with Crippen LogP contribution in [0, 0.1) is 29.0 Å². The van der Waals surface area contributed by atoms with Crippen molar-refractivity contribution >= 4 is 23.7 Å². The number of hydrogen-bond donors (Lipinski definition) is 5. The van der Waals surface area contributed by atoms with Gasteiger partial charge >= 0.3 is 0 Å². The number of aliphatic imine (C=N–C) groups is 1. The Balaban J connectivity index is 0.000000686. The van der Waals surface area contributed by atoms with Gasteiger partial charge in [0.1, 0.15) is 29.3 Å². The van der Waals surface area contributed by atoms with Gasteiger partial charge in [0, 0.05) is 11.1 Å². The van der Waals surface area contributed by atoms with Gasteiger partial charge in [-0.25, -0.2) is 4.39 Å². The Morgan fingerprint density at radius 2 is 1.67 bits per heavy atom. The zero-order valence-corrected chi connectivity index (χ0v) is 25.6. The summed E-state index contributed by atoms with van der Waals surface area (Å²) < 4.78 is 13.6. The van der Waals surface area contributed by atoms with Crippen molar-refractivity contribution in [3.8, 4) is 0 Å². The van der Waals surface area contributed by atoms with Gasteiger partial charge in [0.25, 0.3) is 5.91 Å². The molecule has 1 saturated carbocycles. The van der Waals surface area contributed by atoms with Crippen molar-refractivity contribution < 1.29 is 14.0 Å². The van der Waals surface area contributed by atoms with Gasteiger partial charge in [-0.1, -0.05) is 52.0 Å². The highest BCUT2D eigenvalue weighted by molar-refractivity contribution is 6.46. The van der Waals surface area contributed by atoms with Gasteiger partial charge in [-0.2, -0.15) is 0 Å². The molecule has 1 spiro atoms. The molecule has 1 aliphatic heterocycles. The number of rotatable bonds is 9. The number of carbonyl (C=O) groups is 2. The molecule has 1 amide bonds. The van der Waals surface area contributed by atoms with Crippen molar-refractivity contribution in [2.75, 3.05) is 13.6 Å². The van der Waals surface area contributed by atoms with Gasteiger partial charge in [0.15, 0.2) is 0 Å². The molecule has 9 nitrogen and oxygen atoms in total. The molecule has 2 aromatic carbocycles. The van der Waals surface area contributed by atoms with Crippen molar-refractivity contribution in [3.05, 3.63) is 71.0 Å². The second kappa shape index (κ2) is 16.2. The summed E-state index contributed by atoms with van der Waals surface area (Å²) in [4.78, 5) is 32.5. The second-order valence-electron chi connectivity index (χ2n) is 11.8. The van der Waals surface area contributed by atoms with Gasteiger partial charge in [0.05, 0.1) is 12.6 Å². The number of likely N-dealkylation sites (N-methyl/N-ethyl adjacent to an activating group) is 1. The van der Waals surface area contributed by atoms with Crippen LogP contribution in [0.4, 0.5) is 4.39 Å². The number of nitrogens with zero attached hydrogens (tertiary/aromatic N) is 2.